The van der Waals surface area contributed by atoms with Crippen LogP contribution in [-0.2, 0) is 4.74 Å². The summed E-state index contributed by atoms with van der Waals surface area (Å²) in [6.07, 6.45) is 9.61. The molecule has 2 aliphatic rings. The highest BCUT2D eigenvalue weighted by Gasteiger charge is 2.46. The molecular formula is C20H38N4O. The van der Waals surface area contributed by atoms with E-state index in [2.05, 4.69) is 32.7 Å². The molecule has 4 N–H and O–H groups in total. The molecule has 0 amide bonds. The number of ether oxygens (including phenoxy) is 1. The molecule has 0 unspecified atom stereocenters. The molecule has 25 heavy (non-hydrogen) atoms. The van der Waals surface area contributed by atoms with Crippen LogP contribution >= 0.6 is 0 Å². The Kier molecular flexibility index (Phi) is 7.06. The summed E-state index contributed by atoms with van der Waals surface area (Å²) in [7, 11) is 2.05. The van der Waals surface area contributed by atoms with Gasteiger partial charge >= 0.3 is 0 Å². The van der Waals surface area contributed by atoms with Gasteiger partial charge in [-0.05, 0) is 69.2 Å². The Bertz CT molecular complexity index is 478. The Morgan fingerprint density at radius 2 is 2.04 bits per heavy atom. The first-order valence-corrected chi connectivity index (χ1v) is 9.76. The molecule has 0 radical (unpaired) electrons. The number of hydrogen-bond acceptors (Lipinski definition) is 5. The van der Waals surface area contributed by atoms with Gasteiger partial charge in [-0.15, -0.1) is 0 Å². The van der Waals surface area contributed by atoms with Crippen LogP contribution in [0.15, 0.2) is 16.8 Å². The maximum absolute atomic E-state index is 6.23. The van der Waals surface area contributed by atoms with E-state index in [0.29, 0.717) is 23.9 Å². The van der Waals surface area contributed by atoms with Crippen molar-refractivity contribution in [1.29, 1.82) is 0 Å². The van der Waals surface area contributed by atoms with Crippen molar-refractivity contribution in [2.24, 2.45) is 27.8 Å². The van der Waals surface area contributed by atoms with Crippen LogP contribution in [0.4, 0.5) is 0 Å². The minimum atomic E-state index is 0.149. The molecule has 1 heterocycles. The van der Waals surface area contributed by atoms with Crippen molar-refractivity contribution in [3.8, 4) is 0 Å². The summed E-state index contributed by atoms with van der Waals surface area (Å²) in [5.74, 6) is 0.648. The Labute approximate surface area is 153 Å². The average Bonchev–Trinajstić information content (AvgIpc) is 2.86. The molecule has 1 atom stereocenters. The van der Waals surface area contributed by atoms with Crippen molar-refractivity contribution >= 4 is 6.21 Å². The summed E-state index contributed by atoms with van der Waals surface area (Å²) in [6.45, 7) is 10.1. The zero-order chi connectivity index (χ0) is 18.5. The summed E-state index contributed by atoms with van der Waals surface area (Å²) < 4.78 is 6.23. The van der Waals surface area contributed by atoms with Gasteiger partial charge in [0.2, 0.25) is 0 Å². The maximum atomic E-state index is 6.23. The molecule has 1 aliphatic heterocycles. The smallest absolute Gasteiger partial charge is 0.0689 e. The lowest BCUT2D eigenvalue weighted by Gasteiger charge is -2.38. The normalized spacial score (nSPS) is 31.3. The van der Waals surface area contributed by atoms with Crippen LogP contribution in [0.25, 0.3) is 0 Å². The fourth-order valence-corrected chi connectivity index (χ4v) is 4.38. The largest absolute Gasteiger partial charge is 0.404 e. The van der Waals surface area contributed by atoms with Crippen LogP contribution in [0.5, 0.6) is 0 Å². The molecule has 0 aromatic rings. The van der Waals surface area contributed by atoms with Crippen molar-refractivity contribution < 1.29 is 4.74 Å². The van der Waals surface area contributed by atoms with Gasteiger partial charge in [0.15, 0.2) is 0 Å². The Morgan fingerprint density at radius 1 is 1.36 bits per heavy atom. The number of nitrogens with zero attached hydrogens (tertiary/aromatic N) is 2. The molecule has 144 valence electrons. The molecule has 1 saturated carbocycles. The zero-order valence-corrected chi connectivity index (χ0v) is 16.6. The standard InChI is InChI=1S/C20H38N4O/c1-16(23-12-17(11-22)13-24(4)10-9-21)18-5-7-20(8-6-18)14-19(2,3)15-25-20/h11-12,16,18H,5-10,13-15,21-22H2,1-4H3/t16-,18?,20?/m0/s1. The summed E-state index contributed by atoms with van der Waals surface area (Å²) in [4.78, 5) is 6.97. The van der Waals surface area contributed by atoms with Crippen LogP contribution in [0.3, 0.4) is 0 Å². The molecule has 2 rings (SSSR count). The van der Waals surface area contributed by atoms with Crippen LogP contribution in [0.2, 0.25) is 0 Å². The van der Waals surface area contributed by atoms with E-state index in [9.17, 15) is 0 Å². The maximum Gasteiger partial charge on any atom is 0.0689 e. The SMILES string of the molecule is C[C@H](N=CC(=CN)CN(C)CCN)C1CCC2(CC1)CC(C)(C)CO2. The predicted octanol–water partition coefficient (Wildman–Crippen LogP) is 2.55. The summed E-state index contributed by atoms with van der Waals surface area (Å²) >= 11 is 0. The van der Waals surface area contributed by atoms with Gasteiger partial charge in [-0.3, -0.25) is 4.99 Å². The molecule has 0 bridgehead atoms. The predicted molar refractivity (Wildman–Crippen MR) is 106 cm³/mol. The highest BCUT2D eigenvalue weighted by Crippen LogP contribution is 2.48. The minimum absolute atomic E-state index is 0.149. The summed E-state index contributed by atoms with van der Waals surface area (Å²) in [5, 5.41) is 0. The monoisotopic (exact) mass is 350 g/mol. The average molecular weight is 351 g/mol. The van der Waals surface area contributed by atoms with Crippen molar-refractivity contribution in [2.75, 3.05) is 33.3 Å². The van der Waals surface area contributed by atoms with Crippen molar-refractivity contribution in [3.63, 3.8) is 0 Å². The van der Waals surface area contributed by atoms with E-state index in [1.54, 1.807) is 6.20 Å². The number of likely N-dealkylation sites (N-methyl/N-ethyl adjacent to an activating group) is 1. The van der Waals surface area contributed by atoms with E-state index in [-0.39, 0.29) is 5.60 Å². The summed E-state index contributed by atoms with van der Waals surface area (Å²) in [6, 6.07) is 0.335. The number of nitrogens with two attached hydrogens (primary N) is 2. The van der Waals surface area contributed by atoms with E-state index >= 15 is 0 Å². The highest BCUT2D eigenvalue weighted by atomic mass is 16.5. The van der Waals surface area contributed by atoms with Crippen molar-refractivity contribution in [3.05, 3.63) is 11.8 Å². The Hall–Kier alpha value is -0.910. The van der Waals surface area contributed by atoms with E-state index in [4.69, 9.17) is 21.2 Å². The molecule has 0 aromatic carbocycles. The molecule has 0 aromatic heterocycles. The van der Waals surface area contributed by atoms with Crippen LogP contribution in [0.1, 0.15) is 52.9 Å². The molecular weight excluding hydrogens is 312 g/mol. The van der Waals surface area contributed by atoms with Crippen molar-refractivity contribution in [2.45, 2.75) is 64.5 Å². The van der Waals surface area contributed by atoms with Gasteiger partial charge in [-0.25, -0.2) is 0 Å². The number of hydrogen-bond donors (Lipinski definition) is 2. The number of rotatable bonds is 7. The topological polar surface area (TPSA) is 76.9 Å². The van der Waals surface area contributed by atoms with Gasteiger partial charge < -0.3 is 21.1 Å². The summed E-state index contributed by atoms with van der Waals surface area (Å²) in [5.41, 5.74) is 12.9. The fraction of sp³-hybridized carbons (Fsp3) is 0.850. The highest BCUT2D eigenvalue weighted by molar-refractivity contribution is 5.79. The number of aliphatic imine (C=N–C) groups is 1. The van der Waals surface area contributed by atoms with Crippen molar-refractivity contribution in [1.82, 2.24) is 4.90 Å². The van der Waals surface area contributed by atoms with E-state index in [1.165, 1.54) is 32.1 Å². The fourth-order valence-electron chi connectivity index (χ4n) is 4.38. The second-order valence-electron chi connectivity index (χ2n) is 8.94. The molecule has 5 heteroatoms. The van der Waals surface area contributed by atoms with Crippen LogP contribution < -0.4 is 11.5 Å². The van der Waals surface area contributed by atoms with Gasteiger partial charge in [0.05, 0.1) is 12.2 Å². The molecule has 1 saturated heterocycles. The third-order valence-corrected chi connectivity index (χ3v) is 5.85. The molecule has 5 nitrogen and oxygen atoms in total. The lowest BCUT2D eigenvalue weighted by Crippen LogP contribution is -2.36. The van der Waals surface area contributed by atoms with Gasteiger partial charge in [0.1, 0.15) is 0 Å². The molecule has 1 spiro atoms. The van der Waals surface area contributed by atoms with E-state index in [0.717, 1.165) is 25.3 Å². The van der Waals surface area contributed by atoms with E-state index < -0.39 is 0 Å². The minimum Gasteiger partial charge on any atom is -0.404 e. The second-order valence-corrected chi connectivity index (χ2v) is 8.94. The van der Waals surface area contributed by atoms with Crippen LogP contribution in [-0.4, -0.2) is 56.0 Å². The first kappa shape index (κ1) is 20.4. The third kappa shape index (κ3) is 5.80. The van der Waals surface area contributed by atoms with E-state index in [1.807, 2.05) is 6.21 Å². The van der Waals surface area contributed by atoms with Gasteiger partial charge in [0.25, 0.3) is 0 Å². The van der Waals surface area contributed by atoms with Gasteiger partial charge in [0, 0.05) is 31.9 Å². The first-order chi connectivity index (χ1) is 11.8. The van der Waals surface area contributed by atoms with Gasteiger partial charge in [-0.2, -0.15) is 0 Å². The Morgan fingerprint density at radius 3 is 2.56 bits per heavy atom. The molecule has 1 aliphatic carbocycles. The first-order valence-electron chi connectivity index (χ1n) is 9.76. The van der Waals surface area contributed by atoms with Crippen LogP contribution in [0, 0.1) is 11.3 Å². The molecule has 2 fully saturated rings. The second kappa shape index (κ2) is 8.65. The quantitative estimate of drug-likeness (QED) is 0.692. The lowest BCUT2D eigenvalue weighted by molar-refractivity contribution is -0.0372. The van der Waals surface area contributed by atoms with Gasteiger partial charge in [-0.1, -0.05) is 13.8 Å². The third-order valence-electron chi connectivity index (χ3n) is 5.85. The lowest BCUT2D eigenvalue weighted by atomic mass is 9.72. The zero-order valence-electron chi connectivity index (χ0n) is 16.6. The Balaban J connectivity index is 1.82.